The zero-order valence-electron chi connectivity index (χ0n) is 9.87. The monoisotopic (exact) mass is 251 g/mol. The number of hydrogen-bond donors (Lipinski definition) is 1. The second-order valence-electron chi connectivity index (χ2n) is 3.78. The fourth-order valence-corrected chi connectivity index (χ4v) is 1.50. The van der Waals surface area contributed by atoms with Crippen molar-refractivity contribution in [3.05, 3.63) is 40.2 Å². The van der Waals surface area contributed by atoms with Gasteiger partial charge >= 0.3 is 5.88 Å². The Balaban J connectivity index is 1.75. The van der Waals surface area contributed by atoms with Gasteiger partial charge in [-0.1, -0.05) is 0 Å². The number of rotatable bonds is 6. The quantitative estimate of drug-likeness (QED) is 0.459. The minimum atomic E-state index is -0.553. The van der Waals surface area contributed by atoms with E-state index in [4.69, 9.17) is 4.42 Å². The predicted octanol–water partition coefficient (Wildman–Crippen LogP) is 0.649. The molecule has 0 spiro atoms. The second-order valence-corrected chi connectivity index (χ2v) is 3.78. The Morgan fingerprint density at radius 2 is 2.39 bits per heavy atom. The summed E-state index contributed by atoms with van der Waals surface area (Å²) in [6.45, 7) is 1.15. The van der Waals surface area contributed by atoms with Gasteiger partial charge in [0.05, 0.1) is 12.6 Å². The van der Waals surface area contributed by atoms with Crippen LogP contribution >= 0.6 is 0 Å². The van der Waals surface area contributed by atoms with Gasteiger partial charge in [-0.05, 0) is 6.07 Å². The number of nitrogens with one attached hydrogen (secondary N) is 1. The summed E-state index contributed by atoms with van der Waals surface area (Å²) in [7, 11) is 1.88. The third-order valence-electron chi connectivity index (χ3n) is 2.46. The van der Waals surface area contributed by atoms with Gasteiger partial charge in [-0.3, -0.25) is 10.1 Å². The molecule has 0 bridgehead atoms. The summed E-state index contributed by atoms with van der Waals surface area (Å²) in [5.41, 5.74) is 0. The van der Waals surface area contributed by atoms with Crippen LogP contribution in [0.3, 0.4) is 0 Å². The van der Waals surface area contributed by atoms with Gasteiger partial charge in [0.2, 0.25) is 0 Å². The fourth-order valence-electron chi connectivity index (χ4n) is 1.50. The minimum absolute atomic E-state index is 0.236. The van der Waals surface area contributed by atoms with Crippen LogP contribution in [0.4, 0.5) is 5.88 Å². The lowest BCUT2D eigenvalue weighted by molar-refractivity contribution is -0.402. The van der Waals surface area contributed by atoms with Crippen LogP contribution in [0.2, 0.25) is 0 Å². The van der Waals surface area contributed by atoms with E-state index in [1.807, 2.05) is 11.6 Å². The third kappa shape index (κ3) is 2.92. The number of nitro groups is 1. The lowest BCUT2D eigenvalue weighted by Gasteiger charge is -2.01. The molecule has 0 radical (unpaired) electrons. The Kier molecular flexibility index (Phi) is 3.68. The molecule has 0 saturated heterocycles. The van der Waals surface area contributed by atoms with E-state index in [0.29, 0.717) is 18.8 Å². The molecule has 8 heteroatoms. The van der Waals surface area contributed by atoms with Crippen LogP contribution in [0.25, 0.3) is 0 Å². The zero-order chi connectivity index (χ0) is 13.0. The molecule has 0 fully saturated rings. The molecule has 2 heterocycles. The van der Waals surface area contributed by atoms with Crippen molar-refractivity contribution < 1.29 is 9.34 Å². The third-order valence-corrected chi connectivity index (χ3v) is 2.46. The van der Waals surface area contributed by atoms with Crippen LogP contribution in [0.5, 0.6) is 0 Å². The molecule has 2 rings (SSSR count). The van der Waals surface area contributed by atoms with E-state index < -0.39 is 4.92 Å². The smallest absolute Gasteiger partial charge is 0.404 e. The predicted molar refractivity (Wildman–Crippen MR) is 61.8 cm³/mol. The molecule has 18 heavy (non-hydrogen) atoms. The molecule has 2 aromatic rings. The van der Waals surface area contributed by atoms with Crippen LogP contribution in [-0.4, -0.2) is 26.2 Å². The van der Waals surface area contributed by atoms with Gasteiger partial charge in [0.25, 0.3) is 0 Å². The highest BCUT2D eigenvalue weighted by molar-refractivity contribution is 5.17. The van der Waals surface area contributed by atoms with Crippen LogP contribution in [0.1, 0.15) is 11.6 Å². The van der Waals surface area contributed by atoms with Crippen molar-refractivity contribution in [2.24, 2.45) is 7.05 Å². The second kappa shape index (κ2) is 5.41. The summed E-state index contributed by atoms with van der Waals surface area (Å²) < 4.78 is 6.86. The van der Waals surface area contributed by atoms with E-state index in [0.717, 1.165) is 12.2 Å². The largest absolute Gasteiger partial charge is 0.433 e. The fraction of sp³-hybridized carbons (Fsp3) is 0.400. The molecule has 0 amide bonds. The zero-order valence-corrected chi connectivity index (χ0v) is 9.87. The molecule has 8 nitrogen and oxygen atoms in total. The SMILES string of the molecule is Cn1cnnc1CCNCc1ccc([N+](=O)[O-])o1. The number of nitrogens with zero attached hydrogens (tertiary/aromatic N) is 4. The Labute approximate surface area is 103 Å². The van der Waals surface area contributed by atoms with Crippen molar-refractivity contribution in [2.45, 2.75) is 13.0 Å². The van der Waals surface area contributed by atoms with E-state index in [2.05, 4.69) is 15.5 Å². The van der Waals surface area contributed by atoms with Gasteiger partial charge in [0.15, 0.2) is 0 Å². The average molecular weight is 251 g/mol. The van der Waals surface area contributed by atoms with E-state index in [-0.39, 0.29) is 5.88 Å². The van der Waals surface area contributed by atoms with Crippen molar-refractivity contribution >= 4 is 5.88 Å². The molecular formula is C10H13N5O3. The van der Waals surface area contributed by atoms with Crippen molar-refractivity contribution in [3.63, 3.8) is 0 Å². The highest BCUT2D eigenvalue weighted by Gasteiger charge is 2.11. The van der Waals surface area contributed by atoms with Crippen LogP contribution < -0.4 is 5.32 Å². The Bertz CT molecular complexity index is 533. The summed E-state index contributed by atoms with van der Waals surface area (Å²) in [6, 6.07) is 2.94. The maximum absolute atomic E-state index is 10.4. The molecule has 0 unspecified atom stereocenters. The highest BCUT2D eigenvalue weighted by Crippen LogP contribution is 2.14. The van der Waals surface area contributed by atoms with Gasteiger partial charge in [0, 0.05) is 20.0 Å². The van der Waals surface area contributed by atoms with E-state index in [1.54, 1.807) is 12.4 Å². The average Bonchev–Trinajstić information content (AvgIpc) is 2.94. The first-order valence-electron chi connectivity index (χ1n) is 5.43. The topological polar surface area (TPSA) is 99.0 Å². The maximum atomic E-state index is 10.4. The summed E-state index contributed by atoms with van der Waals surface area (Å²) in [5.74, 6) is 1.19. The summed E-state index contributed by atoms with van der Waals surface area (Å²) in [4.78, 5) is 9.86. The summed E-state index contributed by atoms with van der Waals surface area (Å²) in [6.07, 6.45) is 2.38. The molecule has 0 aliphatic heterocycles. The van der Waals surface area contributed by atoms with Crippen molar-refractivity contribution in [1.29, 1.82) is 0 Å². The summed E-state index contributed by atoms with van der Waals surface area (Å²) >= 11 is 0. The van der Waals surface area contributed by atoms with Gasteiger partial charge in [-0.25, -0.2) is 0 Å². The Morgan fingerprint density at radius 1 is 1.56 bits per heavy atom. The molecule has 2 aromatic heterocycles. The van der Waals surface area contributed by atoms with Crippen LogP contribution in [0, 0.1) is 10.1 Å². The molecule has 0 saturated carbocycles. The molecule has 1 N–H and O–H groups in total. The Morgan fingerprint density at radius 3 is 3.00 bits per heavy atom. The number of furan rings is 1. The van der Waals surface area contributed by atoms with Gasteiger partial charge in [0.1, 0.15) is 22.8 Å². The van der Waals surface area contributed by atoms with Crippen LogP contribution in [-0.2, 0) is 20.0 Å². The molecule has 96 valence electrons. The van der Waals surface area contributed by atoms with E-state index in [9.17, 15) is 10.1 Å². The van der Waals surface area contributed by atoms with Crippen molar-refractivity contribution in [1.82, 2.24) is 20.1 Å². The first-order valence-corrected chi connectivity index (χ1v) is 5.43. The minimum Gasteiger partial charge on any atom is -0.404 e. The van der Waals surface area contributed by atoms with Gasteiger partial charge in [-0.2, -0.15) is 0 Å². The number of aryl methyl sites for hydroxylation is 1. The maximum Gasteiger partial charge on any atom is 0.433 e. The first kappa shape index (κ1) is 12.2. The number of hydrogen-bond acceptors (Lipinski definition) is 6. The van der Waals surface area contributed by atoms with Crippen molar-refractivity contribution in [3.8, 4) is 0 Å². The Hall–Kier alpha value is -2.22. The highest BCUT2D eigenvalue weighted by atomic mass is 16.6. The molecule has 0 atom stereocenters. The lowest BCUT2D eigenvalue weighted by atomic mass is 10.4. The normalized spacial score (nSPS) is 10.7. The standard InChI is InChI=1S/C10H13N5O3/c1-14-7-12-13-9(14)4-5-11-6-8-2-3-10(18-8)15(16)17/h2-3,7,11H,4-6H2,1H3. The van der Waals surface area contributed by atoms with E-state index >= 15 is 0 Å². The molecule has 0 aliphatic rings. The van der Waals surface area contributed by atoms with Gasteiger partial charge in [-0.15, -0.1) is 10.2 Å². The van der Waals surface area contributed by atoms with Crippen LogP contribution in [0.15, 0.2) is 22.9 Å². The van der Waals surface area contributed by atoms with Gasteiger partial charge < -0.3 is 14.3 Å². The van der Waals surface area contributed by atoms with E-state index in [1.165, 1.54) is 6.07 Å². The summed E-state index contributed by atoms with van der Waals surface area (Å²) in [5, 5.41) is 21.3. The van der Waals surface area contributed by atoms with Crippen molar-refractivity contribution in [2.75, 3.05) is 6.54 Å². The molecular weight excluding hydrogens is 238 g/mol. The lowest BCUT2D eigenvalue weighted by Crippen LogP contribution is -2.17. The molecule has 0 aliphatic carbocycles. The molecule has 0 aromatic carbocycles. The first-order chi connectivity index (χ1) is 8.66. The number of aromatic nitrogens is 3.